The summed E-state index contributed by atoms with van der Waals surface area (Å²) in [5.41, 5.74) is 0.116. The van der Waals surface area contributed by atoms with Crippen molar-refractivity contribution >= 4 is 23.9 Å². The number of aryl methyl sites for hydroxylation is 1. The Morgan fingerprint density at radius 3 is 2.49 bits per heavy atom. The van der Waals surface area contributed by atoms with Gasteiger partial charge in [0.1, 0.15) is 11.6 Å². The zero-order valence-corrected chi connectivity index (χ0v) is 23.7. The summed E-state index contributed by atoms with van der Waals surface area (Å²) in [6, 6.07) is 0.985. The van der Waals surface area contributed by atoms with E-state index in [4.69, 9.17) is 14.0 Å². The Morgan fingerprint density at radius 1 is 1.15 bits per heavy atom. The third-order valence-corrected chi connectivity index (χ3v) is 6.79. The van der Waals surface area contributed by atoms with Gasteiger partial charge in [0.25, 0.3) is 0 Å². The highest BCUT2D eigenvalue weighted by atomic mass is 16.6. The molecule has 1 aromatic heterocycles. The van der Waals surface area contributed by atoms with Crippen molar-refractivity contribution in [3.63, 3.8) is 0 Å². The highest BCUT2D eigenvalue weighted by molar-refractivity contribution is 5.88. The summed E-state index contributed by atoms with van der Waals surface area (Å²) in [5.74, 6) is -0.629. The summed E-state index contributed by atoms with van der Waals surface area (Å²) in [7, 11) is 0. The fraction of sp³-hybridized carbons (Fsp3) is 0.679. The molecule has 0 bridgehead atoms. The predicted octanol–water partition coefficient (Wildman–Crippen LogP) is 3.54. The quantitative estimate of drug-likeness (QED) is 0.387. The van der Waals surface area contributed by atoms with Crippen LogP contribution in [-0.4, -0.2) is 77.2 Å². The van der Waals surface area contributed by atoms with E-state index in [0.717, 1.165) is 12.8 Å². The number of allylic oxidation sites excluding steroid dienone is 1. The van der Waals surface area contributed by atoms with E-state index in [0.29, 0.717) is 50.5 Å². The number of piperidine rings is 2. The van der Waals surface area contributed by atoms with E-state index >= 15 is 0 Å². The van der Waals surface area contributed by atoms with Crippen LogP contribution in [0.1, 0.15) is 77.3 Å². The van der Waals surface area contributed by atoms with Gasteiger partial charge in [-0.05, 0) is 72.3 Å². The lowest BCUT2D eigenvalue weighted by atomic mass is 9.95. The lowest BCUT2D eigenvalue weighted by Gasteiger charge is -2.33. The van der Waals surface area contributed by atoms with Gasteiger partial charge in [0.05, 0.1) is 24.6 Å². The number of aromatic nitrogens is 1. The van der Waals surface area contributed by atoms with Crippen molar-refractivity contribution in [3.05, 3.63) is 29.7 Å². The highest BCUT2D eigenvalue weighted by Gasteiger charge is 2.31. The van der Waals surface area contributed by atoms with E-state index in [2.05, 4.69) is 10.5 Å². The van der Waals surface area contributed by atoms with Crippen LogP contribution in [-0.2, 0) is 23.9 Å². The molecule has 1 aromatic rings. The zero-order chi connectivity index (χ0) is 28.6. The van der Waals surface area contributed by atoms with Gasteiger partial charge in [-0.1, -0.05) is 11.2 Å². The SMILES string of the molecule is CCOC(=O)C[C@H](NC(=O)[C@@H]1CCCN(C(=O)/C=C/C2CCN(C(=O)OC(C)(C)C)CC2)C1)c1cc(C)no1. The lowest BCUT2D eigenvalue weighted by molar-refractivity contribution is -0.144. The molecule has 216 valence electrons. The maximum atomic E-state index is 13.2. The number of rotatable bonds is 8. The lowest BCUT2D eigenvalue weighted by Crippen LogP contribution is -2.46. The van der Waals surface area contributed by atoms with Crippen molar-refractivity contribution in [3.8, 4) is 0 Å². The molecule has 2 aliphatic rings. The third kappa shape index (κ3) is 9.40. The van der Waals surface area contributed by atoms with E-state index in [1.807, 2.05) is 26.8 Å². The first-order chi connectivity index (χ1) is 18.4. The Bertz CT molecular complexity index is 1040. The second-order valence-electron chi connectivity index (χ2n) is 11.2. The van der Waals surface area contributed by atoms with Gasteiger partial charge < -0.3 is 29.1 Å². The van der Waals surface area contributed by atoms with Gasteiger partial charge in [0.15, 0.2) is 5.76 Å². The molecular weight excluding hydrogens is 504 g/mol. The van der Waals surface area contributed by atoms with E-state index in [1.165, 1.54) is 0 Å². The van der Waals surface area contributed by atoms with Crippen LogP contribution in [0, 0.1) is 18.8 Å². The van der Waals surface area contributed by atoms with Gasteiger partial charge in [-0.25, -0.2) is 4.79 Å². The molecule has 2 saturated heterocycles. The summed E-state index contributed by atoms with van der Waals surface area (Å²) in [6.45, 7) is 11.3. The molecule has 3 amide bonds. The van der Waals surface area contributed by atoms with Crippen LogP contribution in [0.5, 0.6) is 0 Å². The van der Waals surface area contributed by atoms with Gasteiger partial charge in [0.2, 0.25) is 11.8 Å². The standard InChI is InChI=1S/C28H42N4O7/c1-6-37-25(34)17-22(23-16-19(2)30-39-23)29-26(35)21-8-7-13-32(18-21)24(33)10-9-20-11-14-31(15-12-20)27(36)38-28(3,4)5/h9-10,16,20-22H,6-8,11-15,17-18H2,1-5H3,(H,29,35)/b10-9+/t21-,22+/m1/s1. The summed E-state index contributed by atoms with van der Waals surface area (Å²) < 4.78 is 15.8. The van der Waals surface area contributed by atoms with E-state index in [1.54, 1.807) is 35.8 Å². The molecule has 39 heavy (non-hydrogen) atoms. The minimum absolute atomic E-state index is 0.0704. The Balaban J connectivity index is 1.51. The normalized spacial score (nSPS) is 19.6. The molecule has 0 aliphatic carbocycles. The zero-order valence-electron chi connectivity index (χ0n) is 23.7. The van der Waals surface area contributed by atoms with Crippen LogP contribution in [0.2, 0.25) is 0 Å². The van der Waals surface area contributed by atoms with Crippen molar-refractivity contribution in [2.75, 3.05) is 32.8 Å². The monoisotopic (exact) mass is 546 g/mol. The van der Waals surface area contributed by atoms with Gasteiger partial charge in [-0.3, -0.25) is 14.4 Å². The predicted molar refractivity (Wildman–Crippen MR) is 142 cm³/mol. The number of amides is 3. The number of likely N-dealkylation sites (tertiary alicyclic amines) is 2. The molecular formula is C28H42N4O7. The molecule has 11 nitrogen and oxygen atoms in total. The Labute approximate surface area is 230 Å². The van der Waals surface area contributed by atoms with Crippen LogP contribution in [0.3, 0.4) is 0 Å². The molecule has 2 atom stereocenters. The first-order valence-corrected chi connectivity index (χ1v) is 13.8. The van der Waals surface area contributed by atoms with Crippen molar-refractivity contribution in [1.82, 2.24) is 20.3 Å². The summed E-state index contributed by atoms with van der Waals surface area (Å²) in [6.07, 6.45) is 6.00. The fourth-order valence-corrected chi connectivity index (χ4v) is 4.76. The highest BCUT2D eigenvalue weighted by Crippen LogP contribution is 2.24. The number of nitrogens with zero attached hydrogens (tertiary/aromatic N) is 3. The molecule has 0 saturated carbocycles. The summed E-state index contributed by atoms with van der Waals surface area (Å²) >= 11 is 0. The van der Waals surface area contributed by atoms with Gasteiger partial charge in [-0.2, -0.15) is 0 Å². The van der Waals surface area contributed by atoms with Crippen LogP contribution in [0.4, 0.5) is 4.79 Å². The summed E-state index contributed by atoms with van der Waals surface area (Å²) in [4.78, 5) is 53.9. The van der Waals surface area contributed by atoms with E-state index in [9.17, 15) is 19.2 Å². The molecule has 3 heterocycles. The molecule has 2 fully saturated rings. The maximum absolute atomic E-state index is 13.2. The molecule has 0 radical (unpaired) electrons. The number of esters is 1. The van der Waals surface area contributed by atoms with Crippen LogP contribution >= 0.6 is 0 Å². The maximum Gasteiger partial charge on any atom is 0.410 e. The average Bonchev–Trinajstić information content (AvgIpc) is 3.32. The number of hydrogen-bond acceptors (Lipinski definition) is 8. The van der Waals surface area contributed by atoms with Crippen molar-refractivity contribution in [1.29, 1.82) is 0 Å². The number of carbonyl (C=O) groups excluding carboxylic acids is 4. The largest absolute Gasteiger partial charge is 0.466 e. The number of hydrogen-bond donors (Lipinski definition) is 1. The number of nitrogens with one attached hydrogen (secondary N) is 1. The van der Waals surface area contributed by atoms with Crippen LogP contribution in [0.15, 0.2) is 22.7 Å². The average molecular weight is 547 g/mol. The van der Waals surface area contributed by atoms with Gasteiger partial charge in [0, 0.05) is 32.2 Å². The topological polar surface area (TPSA) is 131 Å². The molecule has 0 spiro atoms. The summed E-state index contributed by atoms with van der Waals surface area (Å²) in [5, 5.41) is 6.77. The first-order valence-electron chi connectivity index (χ1n) is 13.8. The van der Waals surface area contributed by atoms with E-state index < -0.39 is 23.5 Å². The fourth-order valence-electron chi connectivity index (χ4n) is 4.76. The van der Waals surface area contributed by atoms with Crippen molar-refractivity contribution in [2.24, 2.45) is 11.8 Å². The minimum Gasteiger partial charge on any atom is -0.466 e. The van der Waals surface area contributed by atoms with Crippen molar-refractivity contribution in [2.45, 2.75) is 78.4 Å². The van der Waals surface area contributed by atoms with Gasteiger partial charge >= 0.3 is 12.1 Å². The van der Waals surface area contributed by atoms with Gasteiger partial charge in [-0.15, -0.1) is 0 Å². The van der Waals surface area contributed by atoms with Crippen LogP contribution < -0.4 is 5.32 Å². The Kier molecular flexibility index (Phi) is 10.5. The second kappa shape index (κ2) is 13.6. The second-order valence-corrected chi connectivity index (χ2v) is 11.2. The smallest absolute Gasteiger partial charge is 0.410 e. The Morgan fingerprint density at radius 2 is 1.87 bits per heavy atom. The molecule has 3 rings (SSSR count). The third-order valence-electron chi connectivity index (χ3n) is 6.79. The Hall–Kier alpha value is -3.37. The first kappa shape index (κ1) is 30.2. The molecule has 11 heteroatoms. The minimum atomic E-state index is -0.699. The van der Waals surface area contributed by atoms with Crippen LogP contribution in [0.25, 0.3) is 0 Å². The van der Waals surface area contributed by atoms with Crippen molar-refractivity contribution < 1.29 is 33.2 Å². The molecule has 1 N–H and O–H groups in total. The molecule has 0 aromatic carbocycles. The van der Waals surface area contributed by atoms with E-state index in [-0.39, 0.29) is 36.9 Å². The molecule has 0 unspecified atom stereocenters. The number of carbonyl (C=O) groups is 4. The molecule has 2 aliphatic heterocycles. The number of ether oxygens (including phenoxy) is 2.